The highest BCUT2D eigenvalue weighted by molar-refractivity contribution is 6.33. The Hall–Kier alpha value is -2.86. The molecule has 1 aliphatic rings. The van der Waals surface area contributed by atoms with Gasteiger partial charge in [-0.2, -0.15) is 0 Å². The fourth-order valence-corrected chi connectivity index (χ4v) is 4.01. The highest BCUT2D eigenvalue weighted by Gasteiger charge is 2.20. The Balaban J connectivity index is 1.42. The molecule has 172 valence electrons. The van der Waals surface area contributed by atoms with Gasteiger partial charge in [-0.05, 0) is 35.4 Å². The van der Waals surface area contributed by atoms with E-state index in [9.17, 15) is 4.79 Å². The molecule has 0 N–H and O–H groups in total. The molecule has 1 fully saturated rings. The van der Waals surface area contributed by atoms with Crippen molar-refractivity contribution < 1.29 is 14.3 Å². The van der Waals surface area contributed by atoms with Crippen molar-refractivity contribution in [2.24, 2.45) is 0 Å². The minimum absolute atomic E-state index is 0.0572. The van der Waals surface area contributed by atoms with E-state index in [2.05, 4.69) is 4.90 Å². The fraction of sp³-hybridized carbons (Fsp3) is 0.296. The van der Waals surface area contributed by atoms with Crippen LogP contribution in [0.5, 0.6) is 5.75 Å². The minimum Gasteiger partial charge on any atom is -0.489 e. The summed E-state index contributed by atoms with van der Waals surface area (Å²) in [5.74, 6) is 0.748. The molecule has 3 aromatic carbocycles. The van der Waals surface area contributed by atoms with Crippen molar-refractivity contribution in [3.05, 3.63) is 101 Å². The van der Waals surface area contributed by atoms with Crippen LogP contribution in [0.2, 0.25) is 5.02 Å². The number of halogens is 1. The standard InChI is InChI=1S/C27H29ClN2O3/c28-26-9-5-4-8-25(26)27(31)30(15-14-29-16-18-32-19-17-29)20-22-10-12-24(13-11-22)33-21-23-6-2-1-3-7-23/h1-13H,14-21H2. The molecule has 6 heteroatoms. The molecule has 0 aliphatic carbocycles. The molecule has 0 bridgehead atoms. The smallest absolute Gasteiger partial charge is 0.255 e. The van der Waals surface area contributed by atoms with Gasteiger partial charge in [0.25, 0.3) is 5.91 Å². The summed E-state index contributed by atoms with van der Waals surface area (Å²) in [6.45, 7) is 5.72. The van der Waals surface area contributed by atoms with E-state index < -0.39 is 0 Å². The second-order valence-electron chi connectivity index (χ2n) is 8.08. The molecule has 0 aromatic heterocycles. The normalized spacial score (nSPS) is 14.1. The van der Waals surface area contributed by atoms with Crippen LogP contribution in [0.25, 0.3) is 0 Å². The molecule has 1 amide bonds. The monoisotopic (exact) mass is 464 g/mol. The lowest BCUT2D eigenvalue weighted by molar-refractivity contribution is 0.0320. The zero-order valence-electron chi connectivity index (χ0n) is 18.7. The maximum atomic E-state index is 13.3. The number of rotatable bonds is 9. The number of carbonyl (C=O) groups excluding carboxylic acids is 1. The van der Waals surface area contributed by atoms with Gasteiger partial charge in [0.2, 0.25) is 0 Å². The summed E-state index contributed by atoms with van der Waals surface area (Å²) in [4.78, 5) is 17.5. The van der Waals surface area contributed by atoms with Gasteiger partial charge in [-0.25, -0.2) is 0 Å². The van der Waals surface area contributed by atoms with Crippen molar-refractivity contribution in [2.45, 2.75) is 13.2 Å². The molecule has 0 radical (unpaired) electrons. The molecule has 1 heterocycles. The van der Waals surface area contributed by atoms with Crippen LogP contribution in [-0.2, 0) is 17.9 Å². The van der Waals surface area contributed by atoms with Gasteiger partial charge in [0.05, 0.1) is 23.8 Å². The van der Waals surface area contributed by atoms with E-state index in [-0.39, 0.29) is 5.91 Å². The average Bonchev–Trinajstić information content (AvgIpc) is 2.87. The Morgan fingerprint density at radius 2 is 1.61 bits per heavy atom. The van der Waals surface area contributed by atoms with E-state index in [1.165, 1.54) is 0 Å². The second-order valence-corrected chi connectivity index (χ2v) is 8.49. The van der Waals surface area contributed by atoms with Crippen LogP contribution in [0.4, 0.5) is 0 Å². The number of amides is 1. The molecule has 4 rings (SSSR count). The lowest BCUT2D eigenvalue weighted by Gasteiger charge is -2.30. The lowest BCUT2D eigenvalue weighted by Crippen LogP contribution is -2.43. The third-order valence-electron chi connectivity index (χ3n) is 5.73. The zero-order chi connectivity index (χ0) is 22.9. The van der Waals surface area contributed by atoms with Crippen LogP contribution in [0.1, 0.15) is 21.5 Å². The van der Waals surface area contributed by atoms with E-state index >= 15 is 0 Å². The summed E-state index contributed by atoms with van der Waals surface area (Å²) in [5, 5.41) is 0.475. The van der Waals surface area contributed by atoms with E-state index in [0.717, 1.165) is 49.7 Å². The number of hydrogen-bond donors (Lipinski definition) is 0. The molecule has 1 saturated heterocycles. The highest BCUT2D eigenvalue weighted by atomic mass is 35.5. The molecular formula is C27H29ClN2O3. The molecule has 0 unspecified atom stereocenters. The Kier molecular flexibility index (Phi) is 8.36. The number of benzene rings is 3. The van der Waals surface area contributed by atoms with Crippen LogP contribution in [0, 0.1) is 0 Å². The number of hydrogen-bond acceptors (Lipinski definition) is 4. The van der Waals surface area contributed by atoms with Crippen molar-refractivity contribution in [2.75, 3.05) is 39.4 Å². The van der Waals surface area contributed by atoms with Gasteiger partial charge in [-0.1, -0.05) is 66.2 Å². The van der Waals surface area contributed by atoms with Crippen molar-refractivity contribution in [3.8, 4) is 5.75 Å². The van der Waals surface area contributed by atoms with Gasteiger partial charge in [0, 0.05) is 32.7 Å². The van der Waals surface area contributed by atoms with Crippen LogP contribution in [0.15, 0.2) is 78.9 Å². The van der Waals surface area contributed by atoms with E-state index in [1.807, 2.05) is 71.6 Å². The Morgan fingerprint density at radius 3 is 2.33 bits per heavy atom. The molecule has 0 saturated carbocycles. The van der Waals surface area contributed by atoms with Crippen molar-refractivity contribution in [1.82, 2.24) is 9.80 Å². The first-order chi connectivity index (χ1) is 16.2. The highest BCUT2D eigenvalue weighted by Crippen LogP contribution is 2.20. The second kappa shape index (κ2) is 11.8. The number of carbonyl (C=O) groups is 1. The zero-order valence-corrected chi connectivity index (χ0v) is 19.4. The average molecular weight is 465 g/mol. The van der Waals surface area contributed by atoms with Gasteiger partial charge >= 0.3 is 0 Å². The summed E-state index contributed by atoms with van der Waals surface area (Å²) in [7, 11) is 0. The van der Waals surface area contributed by atoms with Gasteiger partial charge in [0.15, 0.2) is 0 Å². The van der Waals surface area contributed by atoms with Crippen molar-refractivity contribution >= 4 is 17.5 Å². The summed E-state index contributed by atoms with van der Waals surface area (Å²) in [5.41, 5.74) is 2.70. The van der Waals surface area contributed by atoms with Gasteiger partial charge in [-0.15, -0.1) is 0 Å². The molecule has 0 atom stereocenters. The van der Waals surface area contributed by atoms with Gasteiger partial charge < -0.3 is 14.4 Å². The van der Waals surface area contributed by atoms with Crippen LogP contribution in [0.3, 0.4) is 0 Å². The molecule has 0 spiro atoms. The first-order valence-corrected chi connectivity index (χ1v) is 11.7. The Labute approximate surface area is 200 Å². The molecule has 5 nitrogen and oxygen atoms in total. The summed E-state index contributed by atoms with van der Waals surface area (Å²) in [6.07, 6.45) is 0. The number of morpholine rings is 1. The van der Waals surface area contributed by atoms with Gasteiger partial charge in [-0.3, -0.25) is 9.69 Å². The quantitative estimate of drug-likeness (QED) is 0.452. The summed E-state index contributed by atoms with van der Waals surface area (Å²) >= 11 is 6.33. The van der Waals surface area contributed by atoms with Crippen LogP contribution >= 0.6 is 11.6 Å². The maximum absolute atomic E-state index is 13.3. The van der Waals surface area contributed by atoms with E-state index in [4.69, 9.17) is 21.1 Å². The first-order valence-electron chi connectivity index (χ1n) is 11.3. The third kappa shape index (κ3) is 6.81. The van der Waals surface area contributed by atoms with E-state index in [0.29, 0.717) is 30.3 Å². The molecular weight excluding hydrogens is 436 g/mol. The topological polar surface area (TPSA) is 42.0 Å². The Bertz CT molecular complexity index is 1020. The SMILES string of the molecule is O=C(c1ccccc1Cl)N(CCN1CCOCC1)Cc1ccc(OCc2ccccc2)cc1. The van der Waals surface area contributed by atoms with Crippen molar-refractivity contribution in [3.63, 3.8) is 0 Å². The molecule has 3 aromatic rings. The lowest BCUT2D eigenvalue weighted by atomic mass is 10.1. The predicted octanol–water partition coefficient (Wildman–Crippen LogP) is 4.89. The molecule has 33 heavy (non-hydrogen) atoms. The largest absolute Gasteiger partial charge is 0.489 e. The first kappa shape index (κ1) is 23.3. The van der Waals surface area contributed by atoms with E-state index in [1.54, 1.807) is 12.1 Å². The minimum atomic E-state index is -0.0572. The summed E-state index contributed by atoms with van der Waals surface area (Å²) < 4.78 is 11.3. The molecule has 1 aliphatic heterocycles. The summed E-state index contributed by atoms with van der Waals surface area (Å²) in [6, 6.07) is 25.3. The third-order valence-corrected chi connectivity index (χ3v) is 6.06. The predicted molar refractivity (Wildman–Crippen MR) is 131 cm³/mol. The van der Waals surface area contributed by atoms with Crippen LogP contribution in [-0.4, -0.2) is 55.1 Å². The van der Waals surface area contributed by atoms with Crippen LogP contribution < -0.4 is 4.74 Å². The number of nitrogens with zero attached hydrogens (tertiary/aromatic N) is 2. The van der Waals surface area contributed by atoms with Gasteiger partial charge in [0.1, 0.15) is 12.4 Å². The van der Waals surface area contributed by atoms with Crippen molar-refractivity contribution in [1.29, 1.82) is 0 Å². The fourth-order valence-electron chi connectivity index (χ4n) is 3.80. The Morgan fingerprint density at radius 1 is 0.909 bits per heavy atom. The number of ether oxygens (including phenoxy) is 2. The maximum Gasteiger partial charge on any atom is 0.255 e.